The van der Waals surface area contributed by atoms with Crippen molar-refractivity contribution in [3.8, 4) is 11.5 Å². The van der Waals surface area contributed by atoms with Crippen molar-refractivity contribution < 1.29 is 32.2 Å². The van der Waals surface area contributed by atoms with Gasteiger partial charge in [-0.15, -0.1) is 11.3 Å². The van der Waals surface area contributed by atoms with Crippen LogP contribution in [-0.2, 0) is 19.4 Å². The van der Waals surface area contributed by atoms with E-state index in [2.05, 4.69) is 10.6 Å². The lowest BCUT2D eigenvalue weighted by Crippen LogP contribution is -2.47. The molecule has 11 heteroatoms. The van der Waals surface area contributed by atoms with Gasteiger partial charge in [0, 0.05) is 5.70 Å². The minimum atomic E-state index is -3.78. The van der Waals surface area contributed by atoms with Gasteiger partial charge in [0.05, 0.1) is 38.7 Å². The number of carbonyl (C=O) groups is 2. The van der Waals surface area contributed by atoms with Crippen molar-refractivity contribution in [1.29, 1.82) is 0 Å². The van der Waals surface area contributed by atoms with Gasteiger partial charge in [-0.1, -0.05) is 12.1 Å². The van der Waals surface area contributed by atoms with Crippen LogP contribution in [0.15, 0.2) is 51.2 Å². The molecule has 1 aliphatic heterocycles. The van der Waals surface area contributed by atoms with Crippen LogP contribution in [0.25, 0.3) is 0 Å². The topological polar surface area (TPSA) is 120 Å². The summed E-state index contributed by atoms with van der Waals surface area (Å²) in [6, 6.07) is 6.36. The van der Waals surface area contributed by atoms with E-state index in [0.717, 1.165) is 11.3 Å². The van der Waals surface area contributed by atoms with Crippen molar-refractivity contribution in [2.45, 2.75) is 10.3 Å². The Labute approximate surface area is 177 Å². The first-order valence-electron chi connectivity index (χ1n) is 8.67. The monoisotopic (exact) mass is 452 g/mol. The highest BCUT2D eigenvalue weighted by Crippen LogP contribution is 2.35. The lowest BCUT2D eigenvalue weighted by atomic mass is 9.95. The molecule has 160 valence electrons. The van der Waals surface area contributed by atoms with Crippen molar-refractivity contribution in [2.24, 2.45) is 0 Å². The van der Waals surface area contributed by atoms with Crippen LogP contribution in [0.4, 0.5) is 4.79 Å². The fraction of sp³-hybridized carbons (Fsp3) is 0.263. The Balaban J connectivity index is 2.11. The highest BCUT2D eigenvalue weighted by Gasteiger charge is 2.36. The number of sulfone groups is 1. The normalized spacial score (nSPS) is 16.5. The number of urea groups is 1. The number of nitrogens with one attached hydrogen (secondary N) is 2. The minimum Gasteiger partial charge on any atom is -0.493 e. The zero-order valence-electron chi connectivity index (χ0n) is 16.4. The summed E-state index contributed by atoms with van der Waals surface area (Å²) in [5.74, 6) is -0.473. The standard InChI is InChI=1S/C19H20N2O7S2/c1-26-13-7-6-11(9-14(13)27-2)17-16(18(22)28-3)12(20-19(23)21-17)10-30(24,25)15-5-4-8-29-15/h4-9,17H,10H2,1-3H3,(H2,20,21,23)/t17-/m0/s1. The third-order valence-corrected chi connectivity index (χ3v) is 7.57. The van der Waals surface area contributed by atoms with E-state index in [1.54, 1.807) is 29.6 Å². The van der Waals surface area contributed by atoms with Gasteiger partial charge in [0.15, 0.2) is 21.3 Å². The second-order valence-corrected chi connectivity index (χ2v) is 9.38. The number of rotatable bonds is 7. The molecule has 30 heavy (non-hydrogen) atoms. The van der Waals surface area contributed by atoms with Crippen molar-refractivity contribution >= 4 is 33.2 Å². The molecule has 9 nitrogen and oxygen atoms in total. The van der Waals surface area contributed by atoms with E-state index >= 15 is 0 Å². The summed E-state index contributed by atoms with van der Waals surface area (Å²) in [6.45, 7) is 0. The number of esters is 1. The summed E-state index contributed by atoms with van der Waals surface area (Å²) >= 11 is 1.06. The van der Waals surface area contributed by atoms with Crippen LogP contribution >= 0.6 is 11.3 Å². The summed E-state index contributed by atoms with van der Waals surface area (Å²) < 4.78 is 41.1. The quantitative estimate of drug-likeness (QED) is 0.617. The number of ether oxygens (including phenoxy) is 3. The molecule has 0 saturated carbocycles. The van der Waals surface area contributed by atoms with Gasteiger partial charge in [0.1, 0.15) is 4.21 Å². The summed E-state index contributed by atoms with van der Waals surface area (Å²) in [6.07, 6.45) is 0. The summed E-state index contributed by atoms with van der Waals surface area (Å²) in [4.78, 5) is 24.9. The Morgan fingerprint density at radius 3 is 2.47 bits per heavy atom. The molecule has 0 radical (unpaired) electrons. The number of carbonyl (C=O) groups excluding carboxylic acids is 2. The van der Waals surface area contributed by atoms with Crippen molar-refractivity contribution in [3.63, 3.8) is 0 Å². The Hall–Kier alpha value is -3.05. The van der Waals surface area contributed by atoms with E-state index in [4.69, 9.17) is 14.2 Å². The van der Waals surface area contributed by atoms with Gasteiger partial charge in [-0.05, 0) is 29.1 Å². The number of hydrogen-bond donors (Lipinski definition) is 2. The number of methoxy groups -OCH3 is 3. The van der Waals surface area contributed by atoms with Crippen LogP contribution in [0.2, 0.25) is 0 Å². The van der Waals surface area contributed by atoms with Gasteiger partial charge >= 0.3 is 12.0 Å². The van der Waals surface area contributed by atoms with Crippen molar-refractivity contribution in [3.05, 3.63) is 52.5 Å². The molecule has 2 N–H and O–H groups in total. The summed E-state index contributed by atoms with van der Waals surface area (Å²) in [5, 5.41) is 6.72. The molecule has 2 aromatic rings. The van der Waals surface area contributed by atoms with Crippen LogP contribution < -0.4 is 20.1 Å². The maximum Gasteiger partial charge on any atom is 0.338 e. The predicted molar refractivity (Wildman–Crippen MR) is 109 cm³/mol. The first kappa shape index (κ1) is 21.7. The fourth-order valence-corrected chi connectivity index (χ4v) is 5.48. The van der Waals surface area contributed by atoms with Crippen LogP contribution in [0.3, 0.4) is 0 Å². The van der Waals surface area contributed by atoms with Crippen LogP contribution in [-0.4, -0.2) is 47.5 Å². The third kappa shape index (κ3) is 4.26. The minimum absolute atomic E-state index is 0.00977. The average molecular weight is 453 g/mol. The molecule has 0 fully saturated rings. The first-order valence-corrected chi connectivity index (χ1v) is 11.2. The van der Waals surface area contributed by atoms with E-state index in [9.17, 15) is 18.0 Å². The van der Waals surface area contributed by atoms with Crippen LogP contribution in [0.5, 0.6) is 11.5 Å². The maximum absolute atomic E-state index is 12.8. The molecule has 1 atom stereocenters. The number of amides is 2. The molecule has 0 unspecified atom stereocenters. The molecule has 0 aliphatic carbocycles. The van der Waals surface area contributed by atoms with E-state index in [1.165, 1.54) is 27.4 Å². The summed E-state index contributed by atoms with van der Waals surface area (Å²) in [7, 11) is 0.346. The van der Waals surface area contributed by atoms with Crippen molar-refractivity contribution in [2.75, 3.05) is 27.1 Å². The molecular formula is C19H20N2O7S2. The van der Waals surface area contributed by atoms with E-state index in [0.29, 0.717) is 17.1 Å². The average Bonchev–Trinajstić information content (AvgIpc) is 3.28. The molecule has 2 heterocycles. The fourth-order valence-electron chi connectivity index (χ4n) is 3.07. The van der Waals surface area contributed by atoms with Crippen LogP contribution in [0, 0.1) is 0 Å². The Kier molecular flexibility index (Phi) is 6.32. The molecule has 1 aliphatic rings. The highest BCUT2D eigenvalue weighted by atomic mass is 32.2. The van der Waals surface area contributed by atoms with Gasteiger partial charge < -0.3 is 24.8 Å². The van der Waals surface area contributed by atoms with Gasteiger partial charge in [-0.2, -0.15) is 0 Å². The molecule has 0 spiro atoms. The molecule has 0 saturated heterocycles. The predicted octanol–water partition coefficient (Wildman–Crippen LogP) is 2.02. The first-order chi connectivity index (χ1) is 14.3. The Morgan fingerprint density at radius 2 is 1.87 bits per heavy atom. The van der Waals surface area contributed by atoms with Crippen LogP contribution in [0.1, 0.15) is 11.6 Å². The van der Waals surface area contributed by atoms with Gasteiger partial charge in [0.2, 0.25) is 0 Å². The zero-order valence-corrected chi connectivity index (χ0v) is 18.1. The van der Waals surface area contributed by atoms with E-state index in [-0.39, 0.29) is 15.5 Å². The Morgan fingerprint density at radius 1 is 1.13 bits per heavy atom. The largest absolute Gasteiger partial charge is 0.493 e. The van der Waals surface area contributed by atoms with Gasteiger partial charge in [-0.25, -0.2) is 18.0 Å². The van der Waals surface area contributed by atoms with Gasteiger partial charge in [-0.3, -0.25) is 0 Å². The van der Waals surface area contributed by atoms with E-state index < -0.39 is 33.6 Å². The number of thiophene rings is 1. The lowest BCUT2D eigenvalue weighted by Gasteiger charge is -2.29. The second-order valence-electron chi connectivity index (χ2n) is 6.22. The summed E-state index contributed by atoms with van der Waals surface area (Å²) in [5.41, 5.74) is 0.442. The zero-order chi connectivity index (χ0) is 21.9. The second kappa shape index (κ2) is 8.76. The highest BCUT2D eigenvalue weighted by molar-refractivity contribution is 7.93. The molecule has 1 aromatic heterocycles. The maximum atomic E-state index is 12.8. The molecular weight excluding hydrogens is 432 g/mol. The van der Waals surface area contributed by atoms with Crippen molar-refractivity contribution in [1.82, 2.24) is 10.6 Å². The molecule has 3 rings (SSSR count). The SMILES string of the molecule is COC(=O)C1=C(CS(=O)(=O)c2cccs2)NC(=O)N[C@H]1c1ccc(OC)c(OC)c1. The van der Waals surface area contributed by atoms with E-state index in [1.807, 2.05) is 0 Å². The molecule has 0 bridgehead atoms. The third-order valence-electron chi connectivity index (χ3n) is 4.44. The molecule has 2 amide bonds. The smallest absolute Gasteiger partial charge is 0.338 e. The van der Waals surface area contributed by atoms with Gasteiger partial charge in [0.25, 0.3) is 0 Å². The number of benzene rings is 1. The number of hydrogen-bond acceptors (Lipinski definition) is 8. The Bertz CT molecular complexity index is 1090. The molecule has 1 aromatic carbocycles. The lowest BCUT2D eigenvalue weighted by molar-refractivity contribution is -0.136.